The van der Waals surface area contributed by atoms with Crippen LogP contribution in [0.25, 0.3) is 6.08 Å². The van der Waals surface area contributed by atoms with Crippen molar-refractivity contribution in [2.24, 2.45) is 0 Å². The van der Waals surface area contributed by atoms with Crippen LogP contribution in [-0.2, 0) is 4.74 Å². The Balaban J connectivity index is 1.50. The van der Waals surface area contributed by atoms with Crippen molar-refractivity contribution in [2.45, 2.75) is 26.8 Å². The molecule has 0 spiro atoms. The Labute approximate surface area is 180 Å². The maximum Gasteiger partial charge on any atom is 0.178 e. The summed E-state index contributed by atoms with van der Waals surface area (Å²) in [4.78, 5) is 17.7. The highest BCUT2D eigenvalue weighted by atomic mass is 16.5. The zero-order chi connectivity index (χ0) is 21.5. The lowest BCUT2D eigenvalue weighted by Gasteiger charge is -2.33. The van der Waals surface area contributed by atoms with Crippen molar-refractivity contribution < 1.29 is 9.53 Å². The van der Waals surface area contributed by atoms with Gasteiger partial charge in [-0.25, -0.2) is 0 Å². The number of nitrogens with zero attached hydrogens (tertiary/aromatic N) is 3. The molecule has 1 fully saturated rings. The van der Waals surface area contributed by atoms with Crippen LogP contribution in [0.15, 0.2) is 42.5 Å². The van der Waals surface area contributed by atoms with E-state index in [0.717, 1.165) is 49.7 Å². The van der Waals surface area contributed by atoms with E-state index in [1.54, 1.807) is 7.11 Å². The van der Waals surface area contributed by atoms with Gasteiger partial charge in [-0.15, -0.1) is 0 Å². The standard InChI is InChI=1S/C25H35N3O2/c1-20-17-24(22(3)28(20)21(2)19-30-4)25(29)18-27-15-13-26(14-16-27)12-8-11-23-9-6-5-7-10-23/h5-11,17,21H,12-16,18-19H2,1-4H3/b11-8+/t21-/m1/s1. The van der Waals surface area contributed by atoms with Gasteiger partial charge in [0, 0.05) is 56.8 Å². The molecule has 162 valence electrons. The SMILES string of the molecule is COC[C@@H](C)n1c(C)cc(C(=O)CN2CCN(C/C=C/c3ccccc3)CC2)c1C. The predicted molar refractivity (Wildman–Crippen MR) is 123 cm³/mol. The molecule has 0 amide bonds. The van der Waals surface area contributed by atoms with Gasteiger partial charge in [0.1, 0.15) is 0 Å². The minimum Gasteiger partial charge on any atom is -0.383 e. The van der Waals surface area contributed by atoms with Crippen molar-refractivity contribution in [2.75, 3.05) is 53.0 Å². The van der Waals surface area contributed by atoms with Crippen molar-refractivity contribution in [3.05, 3.63) is 65.0 Å². The molecule has 1 atom stereocenters. The number of piperazine rings is 1. The minimum atomic E-state index is 0.219. The molecule has 5 nitrogen and oxygen atoms in total. The van der Waals surface area contributed by atoms with Crippen LogP contribution >= 0.6 is 0 Å². The number of benzene rings is 1. The number of carbonyl (C=O) groups is 1. The first kappa shape index (κ1) is 22.5. The van der Waals surface area contributed by atoms with Crippen molar-refractivity contribution in [1.29, 1.82) is 0 Å². The first-order chi connectivity index (χ1) is 14.5. The average Bonchev–Trinajstić information content (AvgIpc) is 3.04. The molecule has 1 aromatic heterocycles. The summed E-state index contributed by atoms with van der Waals surface area (Å²) in [7, 11) is 1.72. The minimum absolute atomic E-state index is 0.219. The van der Waals surface area contributed by atoms with Crippen LogP contribution in [0.2, 0.25) is 0 Å². The molecule has 1 aliphatic heterocycles. The van der Waals surface area contributed by atoms with E-state index in [2.05, 4.69) is 64.6 Å². The fourth-order valence-corrected chi connectivity index (χ4v) is 4.37. The third kappa shape index (κ3) is 5.69. The molecule has 30 heavy (non-hydrogen) atoms. The lowest BCUT2D eigenvalue weighted by atomic mass is 10.1. The van der Waals surface area contributed by atoms with Gasteiger partial charge in [0.05, 0.1) is 19.2 Å². The second kappa shape index (κ2) is 10.7. The first-order valence-corrected chi connectivity index (χ1v) is 10.9. The molecule has 0 saturated carbocycles. The number of rotatable bonds is 9. The fourth-order valence-electron chi connectivity index (χ4n) is 4.37. The second-order valence-corrected chi connectivity index (χ2v) is 8.27. The van der Waals surface area contributed by atoms with Gasteiger partial charge < -0.3 is 9.30 Å². The van der Waals surface area contributed by atoms with E-state index < -0.39 is 0 Å². The average molecular weight is 410 g/mol. The van der Waals surface area contributed by atoms with Crippen LogP contribution in [0.1, 0.15) is 40.3 Å². The summed E-state index contributed by atoms with van der Waals surface area (Å²) in [5.74, 6) is 0.219. The Morgan fingerprint density at radius 2 is 1.77 bits per heavy atom. The van der Waals surface area contributed by atoms with Crippen LogP contribution in [0.4, 0.5) is 0 Å². The zero-order valence-electron chi connectivity index (χ0n) is 18.8. The molecule has 0 aliphatic carbocycles. The van der Waals surface area contributed by atoms with Crippen LogP contribution in [-0.4, -0.2) is 73.1 Å². The van der Waals surface area contributed by atoms with Crippen molar-refractivity contribution in [1.82, 2.24) is 14.4 Å². The number of Topliss-reactive ketones (excluding diaryl/α,β-unsaturated/α-hetero) is 1. The zero-order valence-corrected chi connectivity index (χ0v) is 18.8. The van der Waals surface area contributed by atoms with Crippen molar-refractivity contribution in [3.63, 3.8) is 0 Å². The third-order valence-corrected chi connectivity index (χ3v) is 5.94. The third-order valence-electron chi connectivity index (χ3n) is 5.94. The number of hydrogen-bond acceptors (Lipinski definition) is 4. The number of ether oxygens (including phenoxy) is 1. The number of aryl methyl sites for hydroxylation is 1. The number of ketones is 1. The van der Waals surface area contributed by atoms with Crippen LogP contribution in [0.3, 0.4) is 0 Å². The summed E-state index contributed by atoms with van der Waals surface area (Å²) in [6, 6.07) is 12.7. The van der Waals surface area contributed by atoms with Crippen LogP contribution < -0.4 is 0 Å². The van der Waals surface area contributed by atoms with E-state index >= 15 is 0 Å². The fraction of sp³-hybridized carbons (Fsp3) is 0.480. The van der Waals surface area contributed by atoms with E-state index in [0.29, 0.717) is 13.2 Å². The molecular weight excluding hydrogens is 374 g/mol. The van der Waals surface area contributed by atoms with Gasteiger partial charge in [-0.1, -0.05) is 42.5 Å². The Hall–Kier alpha value is -2.21. The van der Waals surface area contributed by atoms with E-state index in [1.807, 2.05) is 19.1 Å². The number of carbonyl (C=O) groups excluding carboxylic acids is 1. The highest BCUT2D eigenvalue weighted by molar-refractivity contribution is 5.99. The quantitative estimate of drug-likeness (QED) is 0.590. The van der Waals surface area contributed by atoms with Gasteiger partial charge in [-0.2, -0.15) is 0 Å². The molecule has 2 heterocycles. The van der Waals surface area contributed by atoms with Gasteiger partial charge in [0.2, 0.25) is 0 Å². The highest BCUT2D eigenvalue weighted by Crippen LogP contribution is 2.21. The normalized spacial score (nSPS) is 16.9. The smallest absolute Gasteiger partial charge is 0.178 e. The molecule has 1 aromatic carbocycles. The molecule has 1 aliphatic rings. The predicted octanol–water partition coefficient (Wildman–Crippen LogP) is 3.83. The summed E-state index contributed by atoms with van der Waals surface area (Å²) in [6.45, 7) is 12.2. The summed E-state index contributed by atoms with van der Waals surface area (Å²) in [5.41, 5.74) is 4.25. The molecule has 1 saturated heterocycles. The molecule has 3 rings (SSSR count). The van der Waals surface area contributed by atoms with Gasteiger partial charge in [0.15, 0.2) is 5.78 Å². The summed E-state index contributed by atoms with van der Waals surface area (Å²) in [6.07, 6.45) is 4.41. The maximum absolute atomic E-state index is 13.0. The Bertz CT molecular complexity index is 849. The van der Waals surface area contributed by atoms with E-state index in [1.165, 1.54) is 5.56 Å². The van der Waals surface area contributed by atoms with E-state index in [-0.39, 0.29) is 11.8 Å². The topological polar surface area (TPSA) is 37.7 Å². The molecular formula is C25H35N3O2. The van der Waals surface area contributed by atoms with Gasteiger partial charge in [-0.3, -0.25) is 14.6 Å². The first-order valence-electron chi connectivity index (χ1n) is 10.9. The second-order valence-electron chi connectivity index (χ2n) is 8.27. The molecule has 0 bridgehead atoms. The van der Waals surface area contributed by atoms with Crippen molar-refractivity contribution >= 4 is 11.9 Å². The number of aromatic nitrogens is 1. The van der Waals surface area contributed by atoms with Crippen LogP contribution in [0, 0.1) is 13.8 Å². The summed E-state index contributed by atoms with van der Waals surface area (Å²) < 4.78 is 7.51. The monoisotopic (exact) mass is 409 g/mol. The molecule has 5 heteroatoms. The van der Waals surface area contributed by atoms with Crippen LogP contribution in [0.5, 0.6) is 0 Å². The summed E-state index contributed by atoms with van der Waals surface area (Å²) in [5, 5.41) is 0. The molecule has 0 unspecified atom stereocenters. The Morgan fingerprint density at radius 3 is 2.43 bits per heavy atom. The van der Waals surface area contributed by atoms with Gasteiger partial charge in [-0.05, 0) is 32.4 Å². The maximum atomic E-state index is 13.0. The van der Waals surface area contributed by atoms with E-state index in [4.69, 9.17) is 4.74 Å². The Kier molecular flexibility index (Phi) is 8.02. The summed E-state index contributed by atoms with van der Waals surface area (Å²) >= 11 is 0. The Morgan fingerprint density at radius 1 is 1.10 bits per heavy atom. The number of methoxy groups -OCH3 is 1. The lowest BCUT2D eigenvalue weighted by Crippen LogP contribution is -2.47. The molecule has 0 radical (unpaired) electrons. The highest BCUT2D eigenvalue weighted by Gasteiger charge is 2.22. The van der Waals surface area contributed by atoms with Crippen molar-refractivity contribution in [3.8, 4) is 0 Å². The number of hydrogen-bond donors (Lipinski definition) is 0. The van der Waals surface area contributed by atoms with E-state index in [9.17, 15) is 4.79 Å². The lowest BCUT2D eigenvalue weighted by molar-refractivity contribution is 0.0864. The largest absolute Gasteiger partial charge is 0.383 e. The van der Waals surface area contributed by atoms with Gasteiger partial charge in [0.25, 0.3) is 0 Å². The molecule has 2 aromatic rings. The van der Waals surface area contributed by atoms with Gasteiger partial charge >= 0.3 is 0 Å². The molecule has 0 N–H and O–H groups in total.